The van der Waals surface area contributed by atoms with Crippen molar-refractivity contribution >= 4 is 11.7 Å². The maximum Gasteiger partial charge on any atom is 0.339 e. The van der Waals surface area contributed by atoms with E-state index >= 15 is 0 Å². The lowest BCUT2D eigenvalue weighted by Gasteiger charge is -2.14. The average Bonchev–Trinajstić information content (AvgIpc) is 2.83. The summed E-state index contributed by atoms with van der Waals surface area (Å²) >= 11 is 0. The molecule has 1 unspecified atom stereocenters. The van der Waals surface area contributed by atoms with Gasteiger partial charge in [-0.2, -0.15) is 0 Å². The quantitative estimate of drug-likeness (QED) is 0.847. The van der Waals surface area contributed by atoms with Crippen LogP contribution in [-0.2, 0) is 0 Å². The second-order valence-electron chi connectivity index (χ2n) is 3.61. The summed E-state index contributed by atoms with van der Waals surface area (Å²) in [5.41, 5.74) is 0.669. The topological polar surface area (TPSA) is 75.4 Å². The molecule has 2 aromatic heterocycles. The zero-order chi connectivity index (χ0) is 12.3. The van der Waals surface area contributed by atoms with Gasteiger partial charge in [-0.15, -0.1) is 0 Å². The molecule has 0 aliphatic heterocycles. The van der Waals surface area contributed by atoms with Crippen LogP contribution >= 0.6 is 0 Å². The molecule has 0 aliphatic carbocycles. The van der Waals surface area contributed by atoms with Gasteiger partial charge in [-0.05, 0) is 25.1 Å². The van der Waals surface area contributed by atoms with Crippen LogP contribution < -0.4 is 5.32 Å². The number of hydrogen-bond donors (Lipinski definition) is 2. The molecule has 2 heterocycles. The number of nitrogens with one attached hydrogen (secondary N) is 1. The summed E-state index contributed by atoms with van der Waals surface area (Å²) in [5.74, 6) is -0.259. The number of carboxylic acids is 1. The molecule has 1 atom stereocenters. The second kappa shape index (κ2) is 4.69. The first-order valence-corrected chi connectivity index (χ1v) is 5.15. The Kier molecular flexibility index (Phi) is 3.09. The van der Waals surface area contributed by atoms with Gasteiger partial charge in [0, 0.05) is 12.4 Å². The fourth-order valence-corrected chi connectivity index (χ4v) is 1.53. The van der Waals surface area contributed by atoms with Crippen LogP contribution in [0.4, 0.5) is 5.69 Å². The lowest BCUT2D eigenvalue weighted by atomic mass is 10.2. The molecular formula is C12H12N2O3. The van der Waals surface area contributed by atoms with Crippen molar-refractivity contribution in [3.05, 3.63) is 48.2 Å². The molecule has 0 aliphatic rings. The molecular weight excluding hydrogens is 220 g/mol. The minimum atomic E-state index is -1.01. The van der Waals surface area contributed by atoms with E-state index in [9.17, 15) is 4.79 Å². The monoisotopic (exact) mass is 232 g/mol. The highest BCUT2D eigenvalue weighted by molar-refractivity contribution is 5.93. The maximum atomic E-state index is 11.0. The number of pyridine rings is 1. The number of rotatable bonds is 4. The molecule has 5 heteroatoms. The summed E-state index contributed by atoms with van der Waals surface area (Å²) in [7, 11) is 0. The third-order valence-electron chi connectivity index (χ3n) is 2.39. The summed E-state index contributed by atoms with van der Waals surface area (Å²) in [5, 5.41) is 12.1. The number of aromatic carboxylic acids is 1. The Morgan fingerprint density at radius 1 is 1.53 bits per heavy atom. The van der Waals surface area contributed by atoms with Crippen LogP contribution in [-0.4, -0.2) is 16.1 Å². The third kappa shape index (κ3) is 2.44. The van der Waals surface area contributed by atoms with Crippen LogP contribution in [0.5, 0.6) is 0 Å². The van der Waals surface area contributed by atoms with Crippen molar-refractivity contribution in [2.24, 2.45) is 0 Å². The van der Waals surface area contributed by atoms with Crippen LogP contribution in [0, 0.1) is 0 Å². The molecule has 2 N–H and O–H groups in total. The standard InChI is InChI=1S/C12H12N2O3/c1-8(11-3-2-6-17-11)14-10-4-5-13-7-9(10)12(15)16/h2-8H,1H3,(H,13,14)(H,15,16). The van der Waals surface area contributed by atoms with E-state index in [0.717, 1.165) is 5.76 Å². The van der Waals surface area contributed by atoms with Gasteiger partial charge in [-0.1, -0.05) is 0 Å². The zero-order valence-electron chi connectivity index (χ0n) is 9.25. The van der Waals surface area contributed by atoms with Crippen LogP contribution in [0.1, 0.15) is 29.1 Å². The molecule has 0 saturated heterocycles. The minimum Gasteiger partial charge on any atom is -0.478 e. The van der Waals surface area contributed by atoms with Gasteiger partial charge in [0.15, 0.2) is 0 Å². The molecule has 0 saturated carbocycles. The fraction of sp³-hybridized carbons (Fsp3) is 0.167. The van der Waals surface area contributed by atoms with Gasteiger partial charge >= 0.3 is 5.97 Å². The smallest absolute Gasteiger partial charge is 0.339 e. The predicted molar refractivity (Wildman–Crippen MR) is 61.9 cm³/mol. The number of nitrogens with zero attached hydrogens (tertiary/aromatic N) is 1. The van der Waals surface area contributed by atoms with Crippen molar-refractivity contribution in [3.8, 4) is 0 Å². The van der Waals surface area contributed by atoms with Gasteiger partial charge in [-0.25, -0.2) is 4.79 Å². The SMILES string of the molecule is CC(Nc1ccncc1C(=O)O)c1ccco1. The Bertz CT molecular complexity index is 508. The van der Waals surface area contributed by atoms with Gasteiger partial charge in [0.2, 0.25) is 0 Å². The molecule has 0 bridgehead atoms. The molecule has 0 amide bonds. The first-order chi connectivity index (χ1) is 8.18. The van der Waals surface area contributed by atoms with Crippen molar-refractivity contribution in [3.63, 3.8) is 0 Å². The first-order valence-electron chi connectivity index (χ1n) is 5.15. The number of carboxylic acid groups (broad SMARTS) is 1. The Morgan fingerprint density at radius 3 is 3.00 bits per heavy atom. The van der Waals surface area contributed by atoms with E-state index in [2.05, 4.69) is 10.3 Å². The molecule has 0 aromatic carbocycles. The van der Waals surface area contributed by atoms with Crippen molar-refractivity contribution in [2.45, 2.75) is 13.0 Å². The van der Waals surface area contributed by atoms with Gasteiger partial charge in [0.25, 0.3) is 0 Å². The Hall–Kier alpha value is -2.30. The molecule has 0 radical (unpaired) electrons. The van der Waals surface area contributed by atoms with Crippen molar-refractivity contribution < 1.29 is 14.3 Å². The number of aromatic nitrogens is 1. The van der Waals surface area contributed by atoms with Gasteiger partial charge in [0.1, 0.15) is 11.3 Å². The highest BCUT2D eigenvalue weighted by Crippen LogP contribution is 2.21. The molecule has 17 heavy (non-hydrogen) atoms. The number of anilines is 1. The number of hydrogen-bond acceptors (Lipinski definition) is 4. The number of furan rings is 1. The van der Waals surface area contributed by atoms with Crippen LogP contribution in [0.3, 0.4) is 0 Å². The van der Waals surface area contributed by atoms with Crippen LogP contribution in [0.2, 0.25) is 0 Å². The Balaban J connectivity index is 2.21. The van der Waals surface area contributed by atoms with Gasteiger partial charge in [0.05, 0.1) is 18.0 Å². The summed E-state index contributed by atoms with van der Waals surface area (Å²) in [6.45, 7) is 1.89. The second-order valence-corrected chi connectivity index (χ2v) is 3.61. The molecule has 0 spiro atoms. The van der Waals surface area contributed by atoms with E-state index in [4.69, 9.17) is 9.52 Å². The van der Waals surface area contributed by atoms with Crippen molar-refractivity contribution in [1.29, 1.82) is 0 Å². The first kappa shape index (κ1) is 11.2. The summed E-state index contributed by atoms with van der Waals surface area (Å²) < 4.78 is 5.24. The van der Waals surface area contributed by atoms with E-state index in [1.54, 1.807) is 24.6 Å². The summed E-state index contributed by atoms with van der Waals surface area (Å²) in [4.78, 5) is 14.8. The van der Waals surface area contributed by atoms with Gasteiger partial charge in [-0.3, -0.25) is 4.98 Å². The minimum absolute atomic E-state index is 0.106. The van der Waals surface area contributed by atoms with Crippen LogP contribution in [0.25, 0.3) is 0 Å². The number of carbonyl (C=O) groups is 1. The highest BCUT2D eigenvalue weighted by atomic mass is 16.4. The van der Waals surface area contributed by atoms with Gasteiger partial charge < -0.3 is 14.8 Å². The normalized spacial score (nSPS) is 12.1. The molecule has 88 valence electrons. The lowest BCUT2D eigenvalue weighted by molar-refractivity contribution is 0.0697. The van der Waals surface area contributed by atoms with Crippen molar-refractivity contribution in [1.82, 2.24) is 4.98 Å². The van der Waals surface area contributed by atoms with E-state index in [1.165, 1.54) is 6.20 Å². The van der Waals surface area contributed by atoms with E-state index in [1.807, 2.05) is 13.0 Å². The predicted octanol–water partition coefficient (Wildman–Crippen LogP) is 2.55. The molecule has 2 rings (SSSR count). The zero-order valence-corrected chi connectivity index (χ0v) is 9.25. The third-order valence-corrected chi connectivity index (χ3v) is 2.39. The summed E-state index contributed by atoms with van der Waals surface area (Å²) in [6, 6.07) is 5.14. The van der Waals surface area contributed by atoms with E-state index in [-0.39, 0.29) is 11.6 Å². The molecule has 5 nitrogen and oxygen atoms in total. The molecule has 2 aromatic rings. The average molecular weight is 232 g/mol. The van der Waals surface area contributed by atoms with Crippen LogP contribution in [0.15, 0.2) is 41.3 Å². The van der Waals surface area contributed by atoms with E-state index in [0.29, 0.717) is 5.69 Å². The fourth-order valence-electron chi connectivity index (χ4n) is 1.53. The van der Waals surface area contributed by atoms with Crippen molar-refractivity contribution in [2.75, 3.05) is 5.32 Å². The lowest BCUT2D eigenvalue weighted by Crippen LogP contribution is -2.10. The Morgan fingerprint density at radius 2 is 2.35 bits per heavy atom. The Labute approximate surface area is 98.1 Å². The largest absolute Gasteiger partial charge is 0.478 e. The van der Waals surface area contributed by atoms with E-state index < -0.39 is 5.97 Å². The highest BCUT2D eigenvalue weighted by Gasteiger charge is 2.13. The maximum absolute atomic E-state index is 11.0. The molecule has 0 fully saturated rings. The summed E-state index contributed by atoms with van der Waals surface area (Å²) in [6.07, 6.45) is 4.45.